The topological polar surface area (TPSA) is 55.7 Å². The Kier molecular flexibility index (Phi) is 5.31. The highest BCUT2D eigenvalue weighted by Gasteiger charge is 2.33. The first-order valence-corrected chi connectivity index (χ1v) is 9.42. The first kappa shape index (κ1) is 19.8. The molecule has 2 heterocycles. The Bertz CT molecular complexity index is 1080. The van der Waals surface area contributed by atoms with Crippen molar-refractivity contribution in [2.24, 2.45) is 0 Å². The number of carbonyl (C=O) groups excluding carboxylic acids is 1. The minimum atomic E-state index is -0.953. The lowest BCUT2D eigenvalue weighted by atomic mass is 10.00. The van der Waals surface area contributed by atoms with Gasteiger partial charge in [0, 0.05) is 25.0 Å². The van der Waals surface area contributed by atoms with E-state index in [1.807, 2.05) is 22.9 Å². The molecule has 3 aromatic rings. The van der Waals surface area contributed by atoms with E-state index in [2.05, 4.69) is 5.32 Å². The molecule has 2 aromatic carbocycles. The summed E-state index contributed by atoms with van der Waals surface area (Å²) in [6, 6.07) is 11.7. The van der Waals surface area contributed by atoms with Gasteiger partial charge in [0.1, 0.15) is 0 Å². The number of carbonyl (C=O) groups is 1. The number of halogens is 2. The molecule has 0 radical (unpaired) electrons. The molecular formula is C22H21F2N3O3. The second-order valence-electron chi connectivity index (χ2n) is 6.87. The maximum absolute atomic E-state index is 14.0. The first-order chi connectivity index (χ1) is 14.5. The Morgan fingerprint density at radius 3 is 2.60 bits per heavy atom. The normalized spacial score (nSPS) is 15.5. The molecule has 0 unspecified atom stereocenters. The number of hydrogen-bond acceptors (Lipinski definition) is 3. The van der Waals surface area contributed by atoms with Crippen LogP contribution in [0, 0.1) is 11.6 Å². The largest absolute Gasteiger partial charge is 0.493 e. The summed E-state index contributed by atoms with van der Waals surface area (Å²) in [7, 11) is 3.01. The SMILES string of the molecule is COc1cccc(NC(=O)N2CCn3cccc3[C@H]2c2ccc(F)c(F)c2)c1OC. The molecule has 0 aliphatic carbocycles. The third kappa shape index (κ3) is 3.45. The van der Waals surface area contributed by atoms with Gasteiger partial charge >= 0.3 is 6.03 Å². The van der Waals surface area contributed by atoms with Crippen molar-refractivity contribution in [3.05, 3.63) is 77.6 Å². The number of anilines is 1. The van der Waals surface area contributed by atoms with E-state index >= 15 is 0 Å². The molecule has 0 bridgehead atoms. The predicted octanol–water partition coefficient (Wildman–Crippen LogP) is 4.42. The fourth-order valence-corrected chi connectivity index (χ4v) is 3.81. The summed E-state index contributed by atoms with van der Waals surface area (Å²) in [6.45, 7) is 0.981. The Balaban J connectivity index is 1.70. The molecule has 1 atom stereocenters. The second-order valence-corrected chi connectivity index (χ2v) is 6.87. The summed E-state index contributed by atoms with van der Waals surface area (Å²) in [5.74, 6) is -0.994. The molecule has 1 aliphatic rings. The average Bonchev–Trinajstić information content (AvgIpc) is 3.23. The molecule has 8 heteroatoms. The fraction of sp³-hybridized carbons (Fsp3) is 0.227. The minimum Gasteiger partial charge on any atom is -0.493 e. The van der Waals surface area contributed by atoms with Gasteiger partial charge in [0.25, 0.3) is 0 Å². The van der Waals surface area contributed by atoms with Gasteiger partial charge in [-0.05, 0) is 42.0 Å². The summed E-state index contributed by atoms with van der Waals surface area (Å²) < 4.78 is 40.1. The zero-order valence-corrected chi connectivity index (χ0v) is 16.6. The van der Waals surface area contributed by atoms with E-state index in [-0.39, 0.29) is 6.03 Å². The Labute approximate surface area is 172 Å². The number of para-hydroxylation sites is 1. The van der Waals surface area contributed by atoms with E-state index in [4.69, 9.17) is 9.47 Å². The third-order valence-electron chi connectivity index (χ3n) is 5.20. The maximum atomic E-state index is 14.0. The van der Waals surface area contributed by atoms with Crippen LogP contribution in [0.15, 0.2) is 54.7 Å². The van der Waals surface area contributed by atoms with Crippen LogP contribution in [0.1, 0.15) is 17.3 Å². The van der Waals surface area contributed by atoms with Crippen LogP contribution in [0.5, 0.6) is 11.5 Å². The van der Waals surface area contributed by atoms with Gasteiger partial charge in [-0.1, -0.05) is 12.1 Å². The van der Waals surface area contributed by atoms with E-state index in [9.17, 15) is 13.6 Å². The smallest absolute Gasteiger partial charge is 0.322 e. The molecular weight excluding hydrogens is 392 g/mol. The van der Waals surface area contributed by atoms with Crippen molar-refractivity contribution in [3.8, 4) is 11.5 Å². The van der Waals surface area contributed by atoms with Gasteiger partial charge in [-0.25, -0.2) is 13.6 Å². The number of nitrogens with one attached hydrogen (secondary N) is 1. The van der Waals surface area contributed by atoms with Gasteiger partial charge in [-0.15, -0.1) is 0 Å². The number of urea groups is 1. The number of methoxy groups -OCH3 is 2. The molecule has 2 amide bonds. The molecule has 1 aromatic heterocycles. The molecule has 0 spiro atoms. The molecule has 0 saturated carbocycles. The number of ether oxygens (including phenoxy) is 2. The van der Waals surface area contributed by atoms with Gasteiger partial charge in [0.05, 0.1) is 25.9 Å². The molecule has 1 N–H and O–H groups in total. The highest BCUT2D eigenvalue weighted by atomic mass is 19.2. The summed E-state index contributed by atoms with van der Waals surface area (Å²) >= 11 is 0. The van der Waals surface area contributed by atoms with Crippen molar-refractivity contribution in [3.63, 3.8) is 0 Å². The van der Waals surface area contributed by atoms with Crippen molar-refractivity contribution in [1.29, 1.82) is 0 Å². The van der Waals surface area contributed by atoms with Crippen LogP contribution in [0.3, 0.4) is 0 Å². The van der Waals surface area contributed by atoms with Gasteiger partial charge in [-0.3, -0.25) is 0 Å². The zero-order chi connectivity index (χ0) is 21.3. The number of aromatic nitrogens is 1. The van der Waals surface area contributed by atoms with E-state index in [1.165, 1.54) is 20.3 Å². The average molecular weight is 413 g/mol. The Hall–Kier alpha value is -3.55. The van der Waals surface area contributed by atoms with E-state index < -0.39 is 17.7 Å². The second kappa shape index (κ2) is 8.06. The van der Waals surface area contributed by atoms with Gasteiger partial charge in [0.15, 0.2) is 23.1 Å². The number of nitrogens with zero attached hydrogens (tertiary/aromatic N) is 2. The fourth-order valence-electron chi connectivity index (χ4n) is 3.81. The van der Waals surface area contributed by atoms with Crippen LogP contribution in [0.2, 0.25) is 0 Å². The lowest BCUT2D eigenvalue weighted by molar-refractivity contribution is 0.181. The molecule has 0 fully saturated rings. The molecule has 30 heavy (non-hydrogen) atoms. The van der Waals surface area contributed by atoms with Crippen LogP contribution in [-0.2, 0) is 6.54 Å². The molecule has 156 valence electrons. The lowest BCUT2D eigenvalue weighted by Gasteiger charge is -2.37. The van der Waals surface area contributed by atoms with Crippen LogP contribution in [0.4, 0.5) is 19.3 Å². The Morgan fingerprint density at radius 2 is 1.87 bits per heavy atom. The van der Waals surface area contributed by atoms with E-state index in [0.29, 0.717) is 35.8 Å². The van der Waals surface area contributed by atoms with Crippen LogP contribution in [-0.4, -0.2) is 36.3 Å². The molecule has 1 aliphatic heterocycles. The zero-order valence-electron chi connectivity index (χ0n) is 16.6. The number of fused-ring (bicyclic) bond motifs is 1. The summed E-state index contributed by atoms with van der Waals surface area (Å²) in [5.41, 5.74) is 1.76. The molecule has 4 rings (SSSR count). The summed E-state index contributed by atoms with van der Waals surface area (Å²) in [5, 5.41) is 2.86. The van der Waals surface area contributed by atoms with Crippen molar-refractivity contribution in [1.82, 2.24) is 9.47 Å². The molecule has 6 nitrogen and oxygen atoms in total. The van der Waals surface area contributed by atoms with Gasteiger partial charge in [-0.2, -0.15) is 0 Å². The number of benzene rings is 2. The number of rotatable bonds is 4. The Morgan fingerprint density at radius 1 is 1.03 bits per heavy atom. The van der Waals surface area contributed by atoms with Crippen molar-refractivity contribution < 1.29 is 23.0 Å². The monoisotopic (exact) mass is 413 g/mol. The standard InChI is InChI=1S/C22H21F2N3O3/c1-29-19-7-3-5-17(21(19)30-2)25-22(28)27-12-11-26-10-4-6-18(26)20(27)14-8-9-15(23)16(24)13-14/h3-10,13,20H,11-12H2,1-2H3,(H,25,28)/t20-/m1/s1. The van der Waals surface area contributed by atoms with Crippen LogP contribution in [0.25, 0.3) is 0 Å². The minimum absolute atomic E-state index is 0.385. The van der Waals surface area contributed by atoms with Gasteiger partial charge < -0.3 is 24.3 Å². The lowest BCUT2D eigenvalue weighted by Crippen LogP contribution is -2.44. The molecule has 0 saturated heterocycles. The number of amides is 2. The maximum Gasteiger partial charge on any atom is 0.322 e. The van der Waals surface area contributed by atoms with E-state index in [1.54, 1.807) is 23.1 Å². The van der Waals surface area contributed by atoms with Crippen LogP contribution < -0.4 is 14.8 Å². The first-order valence-electron chi connectivity index (χ1n) is 9.42. The van der Waals surface area contributed by atoms with Crippen molar-refractivity contribution >= 4 is 11.7 Å². The highest BCUT2D eigenvalue weighted by molar-refractivity contribution is 5.92. The predicted molar refractivity (Wildman–Crippen MR) is 108 cm³/mol. The van der Waals surface area contributed by atoms with Crippen molar-refractivity contribution in [2.45, 2.75) is 12.6 Å². The number of hydrogen-bond donors (Lipinski definition) is 1. The van der Waals surface area contributed by atoms with E-state index in [0.717, 1.165) is 17.8 Å². The van der Waals surface area contributed by atoms with Crippen LogP contribution >= 0.6 is 0 Å². The third-order valence-corrected chi connectivity index (χ3v) is 5.20. The summed E-state index contributed by atoms with van der Waals surface area (Å²) in [4.78, 5) is 14.8. The van der Waals surface area contributed by atoms with Gasteiger partial charge in [0.2, 0.25) is 0 Å². The quantitative estimate of drug-likeness (QED) is 0.689. The highest BCUT2D eigenvalue weighted by Crippen LogP contribution is 2.37. The van der Waals surface area contributed by atoms with Crippen molar-refractivity contribution in [2.75, 3.05) is 26.1 Å². The summed E-state index contributed by atoms with van der Waals surface area (Å²) in [6.07, 6.45) is 1.91.